The molecule has 0 spiro atoms. The Morgan fingerprint density at radius 2 is 1.82 bits per heavy atom. The van der Waals surface area contributed by atoms with Gasteiger partial charge in [-0.15, -0.1) is 11.6 Å². The van der Waals surface area contributed by atoms with Crippen molar-refractivity contribution in [2.45, 2.75) is 30.0 Å². The molecular formula is C5H12ClNO3S. The molecular weight excluding hydrogens is 190 g/mol. The van der Waals surface area contributed by atoms with Crippen LogP contribution in [0.4, 0.5) is 0 Å². The summed E-state index contributed by atoms with van der Waals surface area (Å²) in [4.78, 5) is 0. The Kier molecular flexibility index (Phi) is 3.76. The van der Waals surface area contributed by atoms with Crippen molar-refractivity contribution in [2.75, 3.05) is 0 Å². The van der Waals surface area contributed by atoms with Crippen molar-refractivity contribution in [3.05, 3.63) is 0 Å². The second kappa shape index (κ2) is 3.71. The predicted octanol–water partition coefficient (Wildman–Crippen LogP) is -0.348. The van der Waals surface area contributed by atoms with Crippen LogP contribution < -0.4 is 5.73 Å². The van der Waals surface area contributed by atoms with Crippen LogP contribution in [-0.2, 0) is 9.84 Å². The van der Waals surface area contributed by atoms with Crippen LogP contribution in [0.5, 0.6) is 0 Å². The molecule has 11 heavy (non-hydrogen) atoms. The molecule has 0 bridgehead atoms. The summed E-state index contributed by atoms with van der Waals surface area (Å²) < 4.78 is 21.2. The first-order chi connectivity index (χ1) is 4.80. The van der Waals surface area contributed by atoms with Gasteiger partial charge in [-0.1, -0.05) is 0 Å². The molecule has 4 nitrogen and oxygen atoms in total. The Labute approximate surface area is 71.3 Å². The van der Waals surface area contributed by atoms with Crippen molar-refractivity contribution in [3.8, 4) is 0 Å². The van der Waals surface area contributed by atoms with Gasteiger partial charge < -0.3 is 10.8 Å². The van der Waals surface area contributed by atoms with E-state index in [4.69, 9.17) is 22.4 Å². The molecule has 0 saturated carbocycles. The molecule has 68 valence electrons. The minimum atomic E-state index is -3.49. The maximum atomic E-state index is 11.1. The monoisotopic (exact) mass is 201 g/mol. The summed E-state index contributed by atoms with van der Waals surface area (Å²) in [6.45, 7) is 2.65. The molecule has 0 radical (unpaired) electrons. The number of sulfone groups is 1. The lowest BCUT2D eigenvalue weighted by Gasteiger charge is -2.16. The molecule has 0 aliphatic rings. The van der Waals surface area contributed by atoms with Crippen molar-refractivity contribution in [2.24, 2.45) is 5.73 Å². The number of halogens is 1. The zero-order valence-electron chi connectivity index (χ0n) is 6.36. The number of aliphatic hydroxyl groups excluding tert-OH is 1. The van der Waals surface area contributed by atoms with Gasteiger partial charge in [0.1, 0.15) is 10.9 Å². The van der Waals surface area contributed by atoms with Gasteiger partial charge in [-0.25, -0.2) is 8.42 Å². The average molecular weight is 202 g/mol. The highest BCUT2D eigenvalue weighted by atomic mass is 35.5. The molecule has 6 heteroatoms. The van der Waals surface area contributed by atoms with E-state index < -0.39 is 26.0 Å². The van der Waals surface area contributed by atoms with Crippen LogP contribution in [0.3, 0.4) is 0 Å². The number of aliphatic hydroxyl groups is 1. The summed E-state index contributed by atoms with van der Waals surface area (Å²) >= 11 is 5.35. The molecule has 0 aromatic rings. The minimum Gasteiger partial charge on any atom is -0.377 e. The van der Waals surface area contributed by atoms with E-state index in [9.17, 15) is 8.42 Å². The second-order valence-corrected chi connectivity index (χ2v) is 5.87. The quantitative estimate of drug-likeness (QED) is 0.483. The third-order valence-corrected chi connectivity index (χ3v) is 4.42. The number of rotatable bonds is 3. The van der Waals surface area contributed by atoms with Crippen LogP contribution in [-0.4, -0.2) is 29.7 Å². The van der Waals surface area contributed by atoms with Gasteiger partial charge in [-0.3, -0.25) is 0 Å². The van der Waals surface area contributed by atoms with Crippen molar-refractivity contribution in [3.63, 3.8) is 0 Å². The zero-order valence-corrected chi connectivity index (χ0v) is 7.93. The van der Waals surface area contributed by atoms with E-state index in [1.165, 1.54) is 13.8 Å². The largest absolute Gasteiger partial charge is 0.377 e. The van der Waals surface area contributed by atoms with Gasteiger partial charge in [0.05, 0.1) is 5.25 Å². The van der Waals surface area contributed by atoms with Gasteiger partial charge in [0.25, 0.3) is 0 Å². The minimum absolute atomic E-state index is 1.02. The highest BCUT2D eigenvalue weighted by Crippen LogP contribution is 2.13. The molecule has 0 heterocycles. The van der Waals surface area contributed by atoms with Gasteiger partial charge in [0.2, 0.25) is 0 Å². The third-order valence-electron chi connectivity index (χ3n) is 1.45. The molecule has 3 unspecified atom stereocenters. The number of nitrogens with two attached hydrogens (primary N) is 1. The molecule has 0 aromatic carbocycles. The molecule has 0 amide bonds. The number of hydrogen-bond acceptors (Lipinski definition) is 4. The Morgan fingerprint density at radius 3 is 1.91 bits per heavy atom. The topological polar surface area (TPSA) is 80.4 Å². The van der Waals surface area contributed by atoms with Crippen molar-refractivity contribution in [1.82, 2.24) is 0 Å². The fourth-order valence-corrected chi connectivity index (χ4v) is 1.96. The van der Waals surface area contributed by atoms with Gasteiger partial charge in [-0.05, 0) is 13.8 Å². The molecule has 0 fully saturated rings. The lowest BCUT2D eigenvalue weighted by Crippen LogP contribution is -2.40. The predicted molar refractivity (Wildman–Crippen MR) is 43.9 cm³/mol. The fraction of sp³-hybridized carbons (Fsp3) is 1.00. The Hall–Kier alpha value is 0.160. The third kappa shape index (κ3) is 2.59. The summed E-state index contributed by atoms with van der Waals surface area (Å²) in [5, 5.41) is 7.73. The summed E-state index contributed by atoms with van der Waals surface area (Å²) in [6.07, 6.45) is -1.37. The van der Waals surface area contributed by atoms with E-state index in [1.54, 1.807) is 0 Å². The van der Waals surface area contributed by atoms with E-state index in [2.05, 4.69) is 0 Å². The Morgan fingerprint density at radius 1 is 1.45 bits per heavy atom. The van der Waals surface area contributed by atoms with Gasteiger partial charge in [-0.2, -0.15) is 0 Å². The first-order valence-electron chi connectivity index (χ1n) is 3.10. The van der Waals surface area contributed by atoms with Crippen LogP contribution in [0.2, 0.25) is 0 Å². The van der Waals surface area contributed by atoms with Crippen LogP contribution >= 0.6 is 11.6 Å². The first kappa shape index (κ1) is 11.2. The standard InChI is InChI=1S/C5H12ClNO3S/c1-3(5(7)8)11(9,10)4(2)6/h3-5,8H,7H2,1-2H3. The van der Waals surface area contributed by atoms with Crippen LogP contribution in [0.25, 0.3) is 0 Å². The molecule has 3 atom stereocenters. The SMILES string of the molecule is CC(Cl)S(=O)(=O)C(C)C(N)O. The molecule has 0 aliphatic heterocycles. The van der Waals surface area contributed by atoms with Gasteiger partial charge in [0.15, 0.2) is 9.84 Å². The smallest absolute Gasteiger partial charge is 0.173 e. The summed E-state index contributed by atoms with van der Waals surface area (Å²) in [5.74, 6) is 0. The van der Waals surface area contributed by atoms with E-state index in [0.29, 0.717) is 0 Å². The normalized spacial score (nSPS) is 20.8. The average Bonchev–Trinajstić information content (AvgIpc) is 1.85. The van der Waals surface area contributed by atoms with Gasteiger partial charge >= 0.3 is 0 Å². The fourth-order valence-electron chi connectivity index (χ4n) is 0.490. The van der Waals surface area contributed by atoms with E-state index in [-0.39, 0.29) is 0 Å². The lowest BCUT2D eigenvalue weighted by molar-refractivity contribution is 0.180. The van der Waals surface area contributed by atoms with Crippen molar-refractivity contribution < 1.29 is 13.5 Å². The molecule has 0 aliphatic carbocycles. The maximum Gasteiger partial charge on any atom is 0.173 e. The first-order valence-corrected chi connectivity index (χ1v) is 5.15. The van der Waals surface area contributed by atoms with Crippen molar-refractivity contribution >= 4 is 21.4 Å². The molecule has 3 N–H and O–H groups in total. The van der Waals surface area contributed by atoms with E-state index in [1.807, 2.05) is 0 Å². The Bertz CT molecular complexity index is 212. The highest BCUT2D eigenvalue weighted by molar-refractivity contribution is 7.93. The molecule has 0 aromatic heterocycles. The maximum absolute atomic E-state index is 11.1. The summed E-state index contributed by atoms with van der Waals surface area (Å²) in [6, 6.07) is 0. The molecule has 0 rings (SSSR count). The summed E-state index contributed by atoms with van der Waals surface area (Å²) in [7, 11) is -3.49. The van der Waals surface area contributed by atoms with E-state index in [0.717, 1.165) is 0 Å². The van der Waals surface area contributed by atoms with Crippen LogP contribution in [0, 0.1) is 0 Å². The zero-order chi connectivity index (χ0) is 9.23. The Balaban J connectivity index is 4.58. The van der Waals surface area contributed by atoms with E-state index >= 15 is 0 Å². The molecule has 0 saturated heterocycles. The number of alkyl halides is 1. The number of hydrogen-bond donors (Lipinski definition) is 2. The highest BCUT2D eigenvalue weighted by Gasteiger charge is 2.29. The summed E-state index contributed by atoms with van der Waals surface area (Å²) in [5.41, 5.74) is 4.98. The second-order valence-electron chi connectivity index (χ2n) is 2.33. The van der Waals surface area contributed by atoms with Gasteiger partial charge in [0, 0.05) is 0 Å². The van der Waals surface area contributed by atoms with Crippen molar-refractivity contribution in [1.29, 1.82) is 0 Å². The van der Waals surface area contributed by atoms with Crippen LogP contribution in [0.1, 0.15) is 13.8 Å². The lowest BCUT2D eigenvalue weighted by atomic mass is 10.4. The van der Waals surface area contributed by atoms with Crippen LogP contribution in [0.15, 0.2) is 0 Å².